The van der Waals surface area contributed by atoms with Gasteiger partial charge in [0.1, 0.15) is 0 Å². The summed E-state index contributed by atoms with van der Waals surface area (Å²) in [6, 6.07) is 5.25. The van der Waals surface area contributed by atoms with Crippen molar-refractivity contribution in [1.82, 2.24) is 0 Å². The molecule has 0 saturated heterocycles. The maximum Gasteiger partial charge on any atom is 0.265 e. The van der Waals surface area contributed by atoms with Crippen molar-refractivity contribution in [2.75, 3.05) is 5.88 Å². The van der Waals surface area contributed by atoms with Gasteiger partial charge in [-0.05, 0) is 47.1 Å². The minimum atomic E-state index is -2.39. The summed E-state index contributed by atoms with van der Waals surface area (Å²) in [5.41, 5.74) is 0.880. The average molecular weight is 331 g/mol. The fraction of sp³-hybridized carbons (Fsp3) is 0.400. The number of halogens is 4. The summed E-state index contributed by atoms with van der Waals surface area (Å²) in [6.07, 6.45) is -1.03. The molecule has 0 saturated carbocycles. The molecular formula is C10H10ClF2I. The van der Waals surface area contributed by atoms with E-state index in [1.165, 1.54) is 0 Å². The van der Waals surface area contributed by atoms with Crippen LogP contribution in [0.1, 0.15) is 24.0 Å². The molecule has 0 N–H and O–H groups in total. The molecule has 0 unspecified atom stereocenters. The molecule has 0 aromatic heterocycles. The van der Waals surface area contributed by atoms with E-state index >= 15 is 0 Å². The Morgan fingerprint density at radius 3 is 2.64 bits per heavy atom. The zero-order chi connectivity index (χ0) is 10.6. The van der Waals surface area contributed by atoms with E-state index in [2.05, 4.69) is 0 Å². The number of hydrogen-bond acceptors (Lipinski definition) is 0. The van der Waals surface area contributed by atoms with Gasteiger partial charge in [-0.25, -0.2) is 8.78 Å². The first-order valence-electron chi connectivity index (χ1n) is 4.28. The summed E-state index contributed by atoms with van der Waals surface area (Å²) in [5, 5.41) is 0. The maximum atomic E-state index is 12.7. The highest BCUT2D eigenvalue weighted by atomic mass is 127. The standard InChI is InChI=1S/C10H10ClF2I/c11-6-2-4-7-3-1-5-8(14)9(7)10(12)13/h1,3,5,10H,2,4,6H2. The Balaban J connectivity index is 2.96. The lowest BCUT2D eigenvalue weighted by Crippen LogP contribution is -1.98. The molecule has 0 atom stereocenters. The van der Waals surface area contributed by atoms with Crippen molar-refractivity contribution in [2.45, 2.75) is 19.3 Å². The number of alkyl halides is 3. The van der Waals surface area contributed by atoms with Gasteiger partial charge in [0.05, 0.1) is 0 Å². The molecule has 4 heteroatoms. The third-order valence-electron chi connectivity index (χ3n) is 1.94. The first-order chi connectivity index (χ1) is 6.66. The first kappa shape index (κ1) is 12.2. The highest BCUT2D eigenvalue weighted by Gasteiger charge is 2.15. The van der Waals surface area contributed by atoms with Crippen molar-refractivity contribution in [1.29, 1.82) is 0 Å². The molecule has 1 aromatic carbocycles. The van der Waals surface area contributed by atoms with Crippen LogP contribution >= 0.6 is 34.2 Å². The Morgan fingerprint density at radius 2 is 2.07 bits per heavy atom. The second kappa shape index (κ2) is 5.85. The van der Waals surface area contributed by atoms with Gasteiger partial charge < -0.3 is 0 Å². The van der Waals surface area contributed by atoms with Gasteiger partial charge in [-0.3, -0.25) is 0 Å². The highest BCUT2D eigenvalue weighted by molar-refractivity contribution is 14.1. The summed E-state index contributed by atoms with van der Waals surface area (Å²) >= 11 is 7.47. The molecule has 1 aromatic rings. The first-order valence-corrected chi connectivity index (χ1v) is 5.89. The lowest BCUT2D eigenvalue weighted by atomic mass is 10.0. The molecule has 0 aliphatic carbocycles. The van der Waals surface area contributed by atoms with Gasteiger partial charge in [0.15, 0.2) is 0 Å². The Morgan fingerprint density at radius 1 is 1.36 bits per heavy atom. The minimum Gasteiger partial charge on any atom is -0.205 e. The van der Waals surface area contributed by atoms with E-state index in [0.717, 1.165) is 6.42 Å². The lowest BCUT2D eigenvalue weighted by molar-refractivity contribution is 0.149. The Hall–Kier alpha value is 0.1000. The predicted octanol–water partition coefficient (Wildman–Crippen LogP) is 4.40. The third kappa shape index (κ3) is 3.05. The minimum absolute atomic E-state index is 0.165. The van der Waals surface area contributed by atoms with Crippen molar-refractivity contribution < 1.29 is 8.78 Å². The zero-order valence-corrected chi connectivity index (χ0v) is 10.4. The molecule has 0 nitrogen and oxygen atoms in total. The zero-order valence-electron chi connectivity index (χ0n) is 7.44. The molecule has 0 bridgehead atoms. The second-order valence-electron chi connectivity index (χ2n) is 2.91. The van der Waals surface area contributed by atoms with Gasteiger partial charge >= 0.3 is 0 Å². The summed E-state index contributed by atoms with van der Waals surface area (Å²) < 4.78 is 26.0. The van der Waals surface area contributed by atoms with Crippen LogP contribution in [0.5, 0.6) is 0 Å². The van der Waals surface area contributed by atoms with Gasteiger partial charge in [-0.2, -0.15) is 0 Å². The smallest absolute Gasteiger partial charge is 0.205 e. The van der Waals surface area contributed by atoms with Gasteiger partial charge in [0.2, 0.25) is 0 Å². The number of benzene rings is 1. The molecule has 0 radical (unpaired) electrons. The fourth-order valence-electron chi connectivity index (χ4n) is 1.30. The average Bonchev–Trinajstić information content (AvgIpc) is 2.14. The molecule has 0 aliphatic rings. The Kier molecular flexibility index (Phi) is 5.09. The van der Waals surface area contributed by atoms with Crippen molar-refractivity contribution in [3.8, 4) is 0 Å². The van der Waals surface area contributed by atoms with Gasteiger partial charge in [-0.1, -0.05) is 12.1 Å². The van der Waals surface area contributed by atoms with E-state index in [4.69, 9.17) is 11.6 Å². The van der Waals surface area contributed by atoms with E-state index in [9.17, 15) is 8.78 Å². The number of rotatable bonds is 4. The number of aryl methyl sites for hydroxylation is 1. The van der Waals surface area contributed by atoms with E-state index in [1.54, 1.807) is 18.2 Å². The van der Waals surface area contributed by atoms with E-state index in [0.29, 0.717) is 21.4 Å². The summed E-state index contributed by atoms with van der Waals surface area (Å²) in [5.74, 6) is 0.508. The predicted molar refractivity (Wildman–Crippen MR) is 63.2 cm³/mol. The molecule has 14 heavy (non-hydrogen) atoms. The van der Waals surface area contributed by atoms with Crippen LogP contribution in [0.3, 0.4) is 0 Å². The van der Waals surface area contributed by atoms with Crippen LogP contribution < -0.4 is 0 Å². The summed E-state index contributed by atoms with van der Waals surface area (Å²) in [6.45, 7) is 0. The van der Waals surface area contributed by atoms with Crippen molar-refractivity contribution in [3.05, 3.63) is 32.9 Å². The topological polar surface area (TPSA) is 0 Å². The monoisotopic (exact) mass is 330 g/mol. The molecule has 1 rings (SSSR count). The van der Waals surface area contributed by atoms with Crippen LogP contribution in [0.25, 0.3) is 0 Å². The van der Waals surface area contributed by atoms with Crippen LogP contribution in [0.4, 0.5) is 8.78 Å². The van der Waals surface area contributed by atoms with Crippen LogP contribution in [0.2, 0.25) is 0 Å². The molecule has 0 spiro atoms. The molecule has 0 aliphatic heterocycles. The van der Waals surface area contributed by atoms with Crippen molar-refractivity contribution in [3.63, 3.8) is 0 Å². The normalized spacial score (nSPS) is 10.9. The third-order valence-corrected chi connectivity index (χ3v) is 3.15. The summed E-state index contributed by atoms with van der Waals surface area (Å²) in [7, 11) is 0. The van der Waals surface area contributed by atoms with Gasteiger partial charge in [0, 0.05) is 15.0 Å². The van der Waals surface area contributed by atoms with E-state index in [1.807, 2.05) is 22.6 Å². The largest absolute Gasteiger partial charge is 0.265 e. The molecule has 0 fully saturated rings. The van der Waals surface area contributed by atoms with E-state index < -0.39 is 6.43 Å². The maximum absolute atomic E-state index is 12.7. The molecule has 0 amide bonds. The quantitative estimate of drug-likeness (QED) is 0.567. The lowest BCUT2D eigenvalue weighted by Gasteiger charge is -2.09. The fourth-order valence-corrected chi connectivity index (χ4v) is 2.22. The van der Waals surface area contributed by atoms with Gasteiger partial charge in [0.25, 0.3) is 6.43 Å². The Bertz CT molecular complexity index is 302. The summed E-state index contributed by atoms with van der Waals surface area (Å²) in [4.78, 5) is 0. The van der Waals surface area contributed by atoms with E-state index in [-0.39, 0.29) is 5.56 Å². The second-order valence-corrected chi connectivity index (χ2v) is 4.45. The van der Waals surface area contributed by atoms with Gasteiger partial charge in [-0.15, -0.1) is 11.6 Å². The van der Waals surface area contributed by atoms with Crippen LogP contribution in [0, 0.1) is 3.57 Å². The highest BCUT2D eigenvalue weighted by Crippen LogP contribution is 2.28. The SMILES string of the molecule is FC(F)c1c(I)cccc1CCCCl. The molecule has 78 valence electrons. The number of hydrogen-bond donors (Lipinski definition) is 0. The molecule has 0 heterocycles. The van der Waals surface area contributed by atoms with Crippen molar-refractivity contribution in [2.24, 2.45) is 0 Å². The van der Waals surface area contributed by atoms with Crippen LogP contribution in [0.15, 0.2) is 18.2 Å². The molecular weight excluding hydrogens is 320 g/mol. The van der Waals surface area contributed by atoms with Crippen LogP contribution in [-0.4, -0.2) is 5.88 Å². The van der Waals surface area contributed by atoms with Crippen molar-refractivity contribution >= 4 is 34.2 Å². The Labute approximate surface area is 101 Å². The van der Waals surface area contributed by atoms with Crippen LogP contribution in [-0.2, 0) is 6.42 Å².